The van der Waals surface area contributed by atoms with Crippen LogP contribution in [0.3, 0.4) is 0 Å². The summed E-state index contributed by atoms with van der Waals surface area (Å²) in [5, 5.41) is 6.30. The van der Waals surface area contributed by atoms with Crippen LogP contribution in [0.5, 0.6) is 11.5 Å². The summed E-state index contributed by atoms with van der Waals surface area (Å²) in [7, 11) is 3.13. The Bertz CT molecular complexity index is 442. The number of ether oxygens (including phenoxy) is 2. The van der Waals surface area contributed by atoms with Crippen molar-refractivity contribution in [2.45, 2.75) is 18.9 Å². The molecule has 0 spiro atoms. The molecule has 104 valence electrons. The van der Waals surface area contributed by atoms with Crippen molar-refractivity contribution in [1.82, 2.24) is 10.6 Å². The molecule has 2 rings (SSSR count). The van der Waals surface area contributed by atoms with Crippen molar-refractivity contribution in [3.05, 3.63) is 23.8 Å². The molecule has 1 aliphatic heterocycles. The summed E-state index contributed by atoms with van der Waals surface area (Å²) >= 11 is 0. The minimum Gasteiger partial charge on any atom is -0.493 e. The van der Waals surface area contributed by atoms with Crippen molar-refractivity contribution in [2.24, 2.45) is 0 Å². The van der Waals surface area contributed by atoms with E-state index < -0.39 is 0 Å². The fourth-order valence-electron chi connectivity index (χ4n) is 2.22. The van der Waals surface area contributed by atoms with Gasteiger partial charge in [-0.1, -0.05) is 0 Å². The molecule has 5 heteroatoms. The van der Waals surface area contributed by atoms with Crippen molar-refractivity contribution in [3.63, 3.8) is 0 Å². The van der Waals surface area contributed by atoms with Gasteiger partial charge in [-0.3, -0.25) is 4.79 Å². The lowest BCUT2D eigenvalue weighted by molar-refractivity contribution is 0.0930. The maximum Gasteiger partial charge on any atom is 0.251 e. The standard InChI is InChI=1S/C14H20N2O3/c1-18-12-6-5-10(8-13(12)19-2)14(17)16-11-4-3-7-15-9-11/h5-6,8,11,15H,3-4,7,9H2,1-2H3,(H,16,17)/t11-/m1/s1. The molecule has 1 aromatic carbocycles. The summed E-state index contributed by atoms with van der Waals surface area (Å²) in [5.41, 5.74) is 0.586. The van der Waals surface area contributed by atoms with Gasteiger partial charge in [0, 0.05) is 18.2 Å². The molecule has 2 N–H and O–H groups in total. The van der Waals surface area contributed by atoms with E-state index in [0.29, 0.717) is 17.1 Å². The van der Waals surface area contributed by atoms with Gasteiger partial charge in [-0.15, -0.1) is 0 Å². The van der Waals surface area contributed by atoms with Gasteiger partial charge in [0.2, 0.25) is 0 Å². The number of benzene rings is 1. The third-order valence-corrected chi connectivity index (χ3v) is 3.28. The van der Waals surface area contributed by atoms with Crippen LogP contribution in [0.25, 0.3) is 0 Å². The molecule has 1 amide bonds. The topological polar surface area (TPSA) is 59.6 Å². The molecule has 19 heavy (non-hydrogen) atoms. The minimum atomic E-state index is -0.0744. The fourth-order valence-corrected chi connectivity index (χ4v) is 2.22. The van der Waals surface area contributed by atoms with Gasteiger partial charge < -0.3 is 20.1 Å². The summed E-state index contributed by atoms with van der Waals surface area (Å²) in [6.07, 6.45) is 2.11. The molecule has 0 aromatic heterocycles. The Kier molecular flexibility index (Phi) is 4.63. The number of hydrogen-bond acceptors (Lipinski definition) is 4. The van der Waals surface area contributed by atoms with Crippen LogP contribution in [-0.2, 0) is 0 Å². The van der Waals surface area contributed by atoms with Gasteiger partial charge in [0.15, 0.2) is 11.5 Å². The maximum atomic E-state index is 12.1. The van der Waals surface area contributed by atoms with Gasteiger partial charge in [-0.25, -0.2) is 0 Å². The average molecular weight is 264 g/mol. The zero-order valence-electron chi connectivity index (χ0n) is 11.4. The van der Waals surface area contributed by atoms with E-state index >= 15 is 0 Å². The Morgan fingerprint density at radius 2 is 2.11 bits per heavy atom. The van der Waals surface area contributed by atoms with E-state index in [0.717, 1.165) is 25.9 Å². The first kappa shape index (κ1) is 13.7. The van der Waals surface area contributed by atoms with Crippen LogP contribution in [0, 0.1) is 0 Å². The fraction of sp³-hybridized carbons (Fsp3) is 0.500. The second-order valence-corrected chi connectivity index (χ2v) is 4.59. The van der Waals surface area contributed by atoms with Gasteiger partial charge in [0.25, 0.3) is 5.91 Å². The van der Waals surface area contributed by atoms with Crippen LogP contribution in [0.2, 0.25) is 0 Å². The summed E-state index contributed by atoms with van der Waals surface area (Å²) < 4.78 is 10.4. The Balaban J connectivity index is 2.05. The van der Waals surface area contributed by atoms with Crippen LogP contribution < -0.4 is 20.1 Å². The first-order valence-electron chi connectivity index (χ1n) is 6.48. The van der Waals surface area contributed by atoms with Crippen molar-refractivity contribution in [3.8, 4) is 11.5 Å². The van der Waals surface area contributed by atoms with Crippen molar-refractivity contribution in [2.75, 3.05) is 27.3 Å². The molecule has 1 aromatic rings. The molecular weight excluding hydrogens is 244 g/mol. The summed E-state index contributed by atoms with van der Waals surface area (Å²) in [5.74, 6) is 1.12. The zero-order valence-corrected chi connectivity index (χ0v) is 11.4. The smallest absolute Gasteiger partial charge is 0.251 e. The molecule has 1 heterocycles. The van der Waals surface area contributed by atoms with E-state index in [9.17, 15) is 4.79 Å². The third kappa shape index (κ3) is 3.38. The van der Waals surface area contributed by atoms with Gasteiger partial charge >= 0.3 is 0 Å². The molecule has 1 fully saturated rings. The highest BCUT2D eigenvalue weighted by Gasteiger charge is 2.17. The van der Waals surface area contributed by atoms with Crippen molar-refractivity contribution < 1.29 is 14.3 Å². The normalized spacial score (nSPS) is 18.7. The number of methoxy groups -OCH3 is 2. The second kappa shape index (κ2) is 6.43. The molecule has 0 saturated carbocycles. The highest BCUT2D eigenvalue weighted by atomic mass is 16.5. The molecule has 1 atom stereocenters. The quantitative estimate of drug-likeness (QED) is 0.857. The van der Waals surface area contributed by atoms with Crippen LogP contribution in [-0.4, -0.2) is 39.3 Å². The largest absolute Gasteiger partial charge is 0.493 e. The number of amides is 1. The highest BCUT2D eigenvalue weighted by molar-refractivity contribution is 5.95. The van der Waals surface area contributed by atoms with E-state index in [1.54, 1.807) is 32.4 Å². The third-order valence-electron chi connectivity index (χ3n) is 3.28. The maximum absolute atomic E-state index is 12.1. The van der Waals surface area contributed by atoms with Crippen LogP contribution in [0.1, 0.15) is 23.2 Å². The van der Waals surface area contributed by atoms with Crippen molar-refractivity contribution >= 4 is 5.91 Å². The van der Waals surface area contributed by atoms with Gasteiger partial charge in [0.05, 0.1) is 14.2 Å². The van der Waals surface area contributed by atoms with E-state index in [4.69, 9.17) is 9.47 Å². The van der Waals surface area contributed by atoms with Crippen LogP contribution in [0.15, 0.2) is 18.2 Å². The second-order valence-electron chi connectivity index (χ2n) is 4.59. The number of nitrogens with one attached hydrogen (secondary N) is 2. The summed E-state index contributed by atoms with van der Waals surface area (Å²) in [4.78, 5) is 12.1. The van der Waals surface area contributed by atoms with E-state index in [-0.39, 0.29) is 11.9 Å². The lowest BCUT2D eigenvalue weighted by atomic mass is 10.1. The lowest BCUT2D eigenvalue weighted by Crippen LogP contribution is -2.45. The molecule has 0 radical (unpaired) electrons. The zero-order chi connectivity index (χ0) is 13.7. The average Bonchev–Trinajstić information content (AvgIpc) is 2.47. The molecular formula is C14H20N2O3. The number of carbonyl (C=O) groups is 1. The van der Waals surface area contributed by atoms with Gasteiger partial charge in [-0.2, -0.15) is 0 Å². The van der Waals surface area contributed by atoms with E-state index in [2.05, 4.69) is 10.6 Å². The number of rotatable bonds is 4. The first-order chi connectivity index (χ1) is 9.24. The molecule has 0 aliphatic carbocycles. The number of carbonyl (C=O) groups excluding carboxylic acids is 1. The van der Waals surface area contributed by atoms with Crippen molar-refractivity contribution in [1.29, 1.82) is 0 Å². The summed E-state index contributed by atoms with van der Waals surface area (Å²) in [6.45, 7) is 1.86. The SMILES string of the molecule is COc1ccc(C(=O)N[C@@H]2CCCNC2)cc1OC. The molecule has 5 nitrogen and oxygen atoms in total. The highest BCUT2D eigenvalue weighted by Crippen LogP contribution is 2.27. The number of piperidine rings is 1. The van der Waals surface area contributed by atoms with Crippen LogP contribution in [0.4, 0.5) is 0 Å². The Hall–Kier alpha value is -1.75. The van der Waals surface area contributed by atoms with E-state index in [1.807, 2.05) is 0 Å². The first-order valence-corrected chi connectivity index (χ1v) is 6.48. The Labute approximate surface area is 113 Å². The number of hydrogen-bond donors (Lipinski definition) is 2. The van der Waals surface area contributed by atoms with E-state index in [1.165, 1.54) is 0 Å². The lowest BCUT2D eigenvalue weighted by Gasteiger charge is -2.23. The predicted octanol–water partition coefficient (Wildman–Crippen LogP) is 1.19. The van der Waals surface area contributed by atoms with Crippen LogP contribution >= 0.6 is 0 Å². The molecule has 0 bridgehead atoms. The predicted molar refractivity (Wildman–Crippen MR) is 72.9 cm³/mol. The Morgan fingerprint density at radius 3 is 2.74 bits per heavy atom. The molecule has 1 saturated heterocycles. The monoisotopic (exact) mass is 264 g/mol. The van der Waals surface area contributed by atoms with Gasteiger partial charge in [-0.05, 0) is 37.6 Å². The Morgan fingerprint density at radius 1 is 1.32 bits per heavy atom. The minimum absolute atomic E-state index is 0.0744. The molecule has 0 unspecified atom stereocenters. The molecule has 1 aliphatic rings. The summed E-state index contributed by atoms with van der Waals surface area (Å²) in [6, 6.07) is 5.39. The van der Waals surface area contributed by atoms with Gasteiger partial charge in [0.1, 0.15) is 0 Å².